The standard InChI is InChI=1S/C5H7NS2/c1-4-5(7-2)6-3-8-4/h3H,1-2H3. The van der Waals surface area contributed by atoms with Crippen molar-refractivity contribution in [3.05, 3.63) is 10.4 Å². The zero-order chi connectivity index (χ0) is 5.98. The van der Waals surface area contributed by atoms with E-state index in [0.29, 0.717) is 0 Å². The first-order valence-corrected chi connectivity index (χ1v) is 4.39. The van der Waals surface area contributed by atoms with Gasteiger partial charge >= 0.3 is 0 Å². The van der Waals surface area contributed by atoms with Gasteiger partial charge in [-0.25, -0.2) is 4.98 Å². The molecule has 0 spiro atoms. The van der Waals surface area contributed by atoms with Gasteiger partial charge in [0.2, 0.25) is 0 Å². The van der Waals surface area contributed by atoms with Gasteiger partial charge in [0.1, 0.15) is 5.03 Å². The fraction of sp³-hybridized carbons (Fsp3) is 0.400. The Hall–Kier alpha value is -0.0200. The van der Waals surface area contributed by atoms with Crippen LogP contribution in [0.5, 0.6) is 0 Å². The predicted octanol–water partition coefficient (Wildman–Crippen LogP) is 2.17. The van der Waals surface area contributed by atoms with Crippen molar-refractivity contribution in [3.8, 4) is 0 Å². The van der Waals surface area contributed by atoms with E-state index in [1.165, 1.54) is 4.88 Å². The second-order valence-corrected chi connectivity index (χ2v) is 3.27. The summed E-state index contributed by atoms with van der Waals surface area (Å²) in [4.78, 5) is 5.43. The zero-order valence-corrected chi connectivity index (χ0v) is 6.47. The first kappa shape index (κ1) is 6.11. The van der Waals surface area contributed by atoms with Crippen molar-refractivity contribution < 1.29 is 0 Å². The van der Waals surface area contributed by atoms with Gasteiger partial charge in [0.05, 0.1) is 5.51 Å². The lowest BCUT2D eigenvalue weighted by atomic mass is 10.6. The first-order valence-electron chi connectivity index (χ1n) is 2.28. The summed E-state index contributed by atoms with van der Waals surface area (Å²) >= 11 is 3.40. The average molecular weight is 145 g/mol. The van der Waals surface area contributed by atoms with Gasteiger partial charge in [-0.1, -0.05) is 0 Å². The minimum atomic E-state index is 1.16. The lowest BCUT2D eigenvalue weighted by Crippen LogP contribution is -1.67. The summed E-state index contributed by atoms with van der Waals surface area (Å²) in [6.45, 7) is 2.09. The largest absolute Gasteiger partial charge is 0.238 e. The van der Waals surface area contributed by atoms with Gasteiger partial charge in [-0.15, -0.1) is 23.1 Å². The number of thioether (sulfide) groups is 1. The molecular formula is C5H7NS2. The predicted molar refractivity (Wildman–Crippen MR) is 38.6 cm³/mol. The molecule has 1 nitrogen and oxygen atoms in total. The zero-order valence-electron chi connectivity index (χ0n) is 4.84. The molecule has 0 N–H and O–H groups in total. The molecule has 0 bridgehead atoms. The van der Waals surface area contributed by atoms with E-state index < -0.39 is 0 Å². The molecule has 0 fully saturated rings. The maximum atomic E-state index is 4.12. The Morgan fingerprint density at radius 3 is 2.75 bits per heavy atom. The Kier molecular flexibility index (Phi) is 1.91. The maximum absolute atomic E-state index is 4.12. The lowest BCUT2D eigenvalue weighted by molar-refractivity contribution is 1.17. The molecule has 0 aliphatic rings. The molecule has 1 aromatic rings. The minimum absolute atomic E-state index is 1.16. The number of aromatic nitrogens is 1. The Morgan fingerprint density at radius 1 is 1.75 bits per heavy atom. The number of nitrogens with zero attached hydrogens (tertiary/aromatic N) is 1. The van der Waals surface area contributed by atoms with Gasteiger partial charge in [-0.3, -0.25) is 0 Å². The molecule has 1 rings (SSSR count). The molecule has 1 aromatic heterocycles. The van der Waals surface area contributed by atoms with E-state index in [1.807, 2.05) is 11.8 Å². The monoisotopic (exact) mass is 145 g/mol. The van der Waals surface area contributed by atoms with Crippen LogP contribution in [0.4, 0.5) is 0 Å². The molecule has 0 saturated carbocycles. The molecule has 0 radical (unpaired) electrons. The molecule has 0 amide bonds. The van der Waals surface area contributed by atoms with Gasteiger partial charge in [-0.2, -0.15) is 0 Å². The second kappa shape index (κ2) is 2.51. The molecule has 1 heterocycles. The molecule has 0 unspecified atom stereocenters. The van der Waals surface area contributed by atoms with E-state index in [-0.39, 0.29) is 0 Å². The van der Waals surface area contributed by atoms with E-state index in [0.717, 1.165) is 5.03 Å². The van der Waals surface area contributed by atoms with Crippen molar-refractivity contribution >= 4 is 23.1 Å². The van der Waals surface area contributed by atoms with Crippen LogP contribution in [0.1, 0.15) is 4.88 Å². The molecule has 8 heavy (non-hydrogen) atoms. The van der Waals surface area contributed by atoms with E-state index in [2.05, 4.69) is 11.9 Å². The highest BCUT2D eigenvalue weighted by Gasteiger charge is 1.95. The quantitative estimate of drug-likeness (QED) is 0.562. The fourth-order valence-corrected chi connectivity index (χ4v) is 1.87. The molecule has 0 aliphatic carbocycles. The third-order valence-corrected chi connectivity index (χ3v) is 2.58. The highest BCUT2D eigenvalue weighted by Crippen LogP contribution is 2.19. The summed E-state index contributed by atoms with van der Waals surface area (Å²) in [5.74, 6) is 0. The van der Waals surface area contributed by atoms with Gasteiger partial charge in [-0.05, 0) is 13.2 Å². The third kappa shape index (κ3) is 1.03. The topological polar surface area (TPSA) is 12.9 Å². The second-order valence-electron chi connectivity index (χ2n) is 1.42. The van der Waals surface area contributed by atoms with Crippen molar-refractivity contribution in [2.24, 2.45) is 0 Å². The van der Waals surface area contributed by atoms with Crippen molar-refractivity contribution in [3.63, 3.8) is 0 Å². The number of hydrogen-bond acceptors (Lipinski definition) is 3. The molecule has 0 saturated heterocycles. The van der Waals surface area contributed by atoms with Crippen LogP contribution < -0.4 is 0 Å². The van der Waals surface area contributed by atoms with Gasteiger partial charge in [0.15, 0.2) is 0 Å². The summed E-state index contributed by atoms with van der Waals surface area (Å²) in [7, 11) is 0. The average Bonchev–Trinajstić information content (AvgIpc) is 2.14. The normalized spacial score (nSPS) is 9.75. The van der Waals surface area contributed by atoms with Crippen LogP contribution >= 0.6 is 23.1 Å². The maximum Gasteiger partial charge on any atom is 0.110 e. The van der Waals surface area contributed by atoms with E-state index >= 15 is 0 Å². The first-order chi connectivity index (χ1) is 3.84. The Balaban J connectivity index is 2.92. The SMILES string of the molecule is CSc1ncsc1C. The van der Waals surface area contributed by atoms with Crippen LogP contribution in [-0.4, -0.2) is 11.2 Å². The van der Waals surface area contributed by atoms with Crippen molar-refractivity contribution in [2.45, 2.75) is 11.9 Å². The summed E-state index contributed by atoms with van der Waals surface area (Å²) in [6, 6.07) is 0. The van der Waals surface area contributed by atoms with Crippen molar-refractivity contribution in [1.29, 1.82) is 0 Å². The highest BCUT2D eigenvalue weighted by molar-refractivity contribution is 7.98. The lowest BCUT2D eigenvalue weighted by Gasteiger charge is -1.85. The molecule has 0 aromatic carbocycles. The van der Waals surface area contributed by atoms with E-state index in [4.69, 9.17) is 0 Å². The third-order valence-electron chi connectivity index (χ3n) is 0.894. The van der Waals surface area contributed by atoms with Crippen molar-refractivity contribution in [1.82, 2.24) is 4.98 Å². The number of hydrogen-bond donors (Lipinski definition) is 0. The molecular weight excluding hydrogens is 138 g/mol. The smallest absolute Gasteiger partial charge is 0.110 e. The van der Waals surface area contributed by atoms with Gasteiger partial charge in [0.25, 0.3) is 0 Å². The fourth-order valence-electron chi connectivity index (χ4n) is 0.491. The summed E-state index contributed by atoms with van der Waals surface area (Å²) < 4.78 is 0. The van der Waals surface area contributed by atoms with Crippen molar-refractivity contribution in [2.75, 3.05) is 6.26 Å². The van der Waals surface area contributed by atoms with Crippen LogP contribution in [0.2, 0.25) is 0 Å². The van der Waals surface area contributed by atoms with Crippen LogP contribution in [0.3, 0.4) is 0 Å². The summed E-state index contributed by atoms with van der Waals surface area (Å²) in [6.07, 6.45) is 2.04. The van der Waals surface area contributed by atoms with Gasteiger partial charge < -0.3 is 0 Å². The Bertz CT molecular complexity index is 171. The Morgan fingerprint density at radius 2 is 2.50 bits per heavy atom. The Labute approximate surface area is 57.1 Å². The number of thiazole rings is 1. The van der Waals surface area contributed by atoms with E-state index in [1.54, 1.807) is 23.1 Å². The van der Waals surface area contributed by atoms with Crippen LogP contribution in [0.15, 0.2) is 10.5 Å². The molecule has 44 valence electrons. The minimum Gasteiger partial charge on any atom is -0.238 e. The van der Waals surface area contributed by atoms with Crippen LogP contribution in [0.25, 0.3) is 0 Å². The van der Waals surface area contributed by atoms with Crippen LogP contribution in [0, 0.1) is 6.92 Å². The van der Waals surface area contributed by atoms with Gasteiger partial charge in [0, 0.05) is 4.88 Å². The molecule has 3 heteroatoms. The molecule has 0 aliphatic heterocycles. The van der Waals surface area contributed by atoms with E-state index in [9.17, 15) is 0 Å². The summed E-state index contributed by atoms with van der Waals surface area (Å²) in [5, 5.41) is 1.16. The molecule has 0 atom stereocenters. The number of aryl methyl sites for hydroxylation is 1. The number of rotatable bonds is 1. The highest BCUT2D eigenvalue weighted by atomic mass is 32.2. The summed E-state index contributed by atoms with van der Waals surface area (Å²) in [5.41, 5.74) is 1.88. The van der Waals surface area contributed by atoms with Crippen LogP contribution in [-0.2, 0) is 0 Å².